The van der Waals surface area contributed by atoms with Gasteiger partial charge < -0.3 is 5.32 Å². The molecule has 3 heterocycles. The highest BCUT2D eigenvalue weighted by molar-refractivity contribution is 7.99. The Bertz CT molecular complexity index is 463. The summed E-state index contributed by atoms with van der Waals surface area (Å²) in [6, 6.07) is 0.506. The molecule has 1 aliphatic heterocycles. The van der Waals surface area contributed by atoms with Crippen molar-refractivity contribution in [1.29, 1.82) is 0 Å². The first-order chi connectivity index (χ1) is 7.43. The van der Waals surface area contributed by atoms with Gasteiger partial charge in [-0.2, -0.15) is 16.3 Å². The molecule has 0 saturated carbocycles. The van der Waals surface area contributed by atoms with Crippen LogP contribution in [0.4, 0.5) is 5.82 Å². The Kier molecular flexibility index (Phi) is 2.17. The average molecular weight is 222 g/mol. The Labute approximate surface area is 90.5 Å². The van der Waals surface area contributed by atoms with Crippen LogP contribution in [0.3, 0.4) is 0 Å². The Morgan fingerprint density at radius 2 is 2.47 bits per heavy atom. The number of nitrogens with zero attached hydrogens (tertiary/aromatic N) is 5. The predicted molar refractivity (Wildman–Crippen MR) is 57.9 cm³/mol. The number of thioether (sulfide) groups is 1. The summed E-state index contributed by atoms with van der Waals surface area (Å²) < 4.78 is 1.68. The van der Waals surface area contributed by atoms with Crippen molar-refractivity contribution in [2.45, 2.75) is 12.5 Å². The molecule has 6 nitrogen and oxygen atoms in total. The molecule has 1 N–H and O–H groups in total. The third-order valence-electron chi connectivity index (χ3n) is 2.39. The molecule has 0 amide bonds. The van der Waals surface area contributed by atoms with Crippen molar-refractivity contribution in [3.8, 4) is 0 Å². The van der Waals surface area contributed by atoms with Crippen LogP contribution in [0.15, 0.2) is 12.4 Å². The molecule has 1 aliphatic rings. The maximum atomic E-state index is 4.09. The lowest BCUT2D eigenvalue weighted by Gasteiger charge is -2.12. The monoisotopic (exact) mass is 222 g/mol. The van der Waals surface area contributed by atoms with Crippen LogP contribution in [-0.4, -0.2) is 42.6 Å². The summed E-state index contributed by atoms with van der Waals surface area (Å²) in [6.45, 7) is 0. The van der Waals surface area contributed by atoms with Crippen molar-refractivity contribution in [1.82, 2.24) is 25.0 Å². The van der Waals surface area contributed by atoms with Crippen molar-refractivity contribution in [3.63, 3.8) is 0 Å². The van der Waals surface area contributed by atoms with Gasteiger partial charge >= 0.3 is 0 Å². The van der Waals surface area contributed by atoms with Gasteiger partial charge in [0.25, 0.3) is 0 Å². The summed E-state index contributed by atoms with van der Waals surface area (Å²) in [6.07, 6.45) is 4.59. The van der Waals surface area contributed by atoms with Gasteiger partial charge in [-0.1, -0.05) is 0 Å². The summed E-state index contributed by atoms with van der Waals surface area (Å²) in [5, 5.41) is 14.8. The molecule has 0 radical (unpaired) electrons. The van der Waals surface area contributed by atoms with Gasteiger partial charge in [-0.3, -0.25) is 4.98 Å². The van der Waals surface area contributed by atoms with Gasteiger partial charge in [0, 0.05) is 11.8 Å². The second kappa shape index (κ2) is 3.65. The topological polar surface area (TPSA) is 68.0 Å². The van der Waals surface area contributed by atoms with Gasteiger partial charge in [0.15, 0.2) is 11.5 Å². The first-order valence-corrected chi connectivity index (χ1v) is 5.95. The second-order valence-electron chi connectivity index (χ2n) is 3.45. The van der Waals surface area contributed by atoms with Crippen molar-refractivity contribution in [3.05, 3.63) is 12.4 Å². The van der Waals surface area contributed by atoms with E-state index in [-0.39, 0.29) is 0 Å². The van der Waals surface area contributed by atoms with Crippen LogP contribution >= 0.6 is 11.8 Å². The van der Waals surface area contributed by atoms with Gasteiger partial charge in [-0.05, 0) is 22.6 Å². The minimum absolute atomic E-state index is 0.506. The highest BCUT2D eigenvalue weighted by atomic mass is 32.2. The fourth-order valence-corrected chi connectivity index (χ4v) is 2.78. The van der Waals surface area contributed by atoms with Gasteiger partial charge in [0.2, 0.25) is 0 Å². The van der Waals surface area contributed by atoms with E-state index >= 15 is 0 Å². The van der Waals surface area contributed by atoms with Crippen LogP contribution in [0.5, 0.6) is 0 Å². The molecule has 0 aliphatic carbocycles. The van der Waals surface area contributed by atoms with Crippen LogP contribution in [0.1, 0.15) is 6.42 Å². The van der Waals surface area contributed by atoms with Gasteiger partial charge in [0.05, 0.1) is 12.4 Å². The largest absolute Gasteiger partial charge is 0.365 e. The zero-order valence-electron chi connectivity index (χ0n) is 8.00. The molecule has 15 heavy (non-hydrogen) atoms. The van der Waals surface area contributed by atoms with Gasteiger partial charge in [-0.25, -0.2) is 0 Å². The van der Waals surface area contributed by atoms with E-state index in [1.807, 2.05) is 11.8 Å². The maximum absolute atomic E-state index is 4.09. The van der Waals surface area contributed by atoms with Crippen molar-refractivity contribution < 1.29 is 0 Å². The summed E-state index contributed by atoms with van der Waals surface area (Å²) >= 11 is 1.97. The van der Waals surface area contributed by atoms with E-state index < -0.39 is 0 Å². The predicted octanol–water partition coefficient (Wildman–Crippen LogP) is 0.437. The van der Waals surface area contributed by atoms with E-state index in [4.69, 9.17) is 0 Å². The van der Waals surface area contributed by atoms with Crippen LogP contribution in [0.2, 0.25) is 0 Å². The third-order valence-corrected chi connectivity index (χ3v) is 3.55. The number of hydrogen-bond donors (Lipinski definition) is 1. The number of fused-ring (bicyclic) bond motifs is 1. The van der Waals surface area contributed by atoms with Crippen LogP contribution < -0.4 is 5.32 Å². The van der Waals surface area contributed by atoms with E-state index in [1.54, 1.807) is 16.9 Å². The maximum Gasteiger partial charge on any atom is 0.199 e. The summed E-state index contributed by atoms with van der Waals surface area (Å²) in [4.78, 5) is 4.09. The summed E-state index contributed by atoms with van der Waals surface area (Å²) in [5.41, 5.74) is 0.672. The Morgan fingerprint density at radius 3 is 3.33 bits per heavy atom. The van der Waals surface area contributed by atoms with Crippen molar-refractivity contribution >= 4 is 23.2 Å². The molecule has 3 rings (SSSR count). The molecule has 1 saturated heterocycles. The first-order valence-electron chi connectivity index (χ1n) is 4.80. The van der Waals surface area contributed by atoms with E-state index in [0.717, 1.165) is 11.6 Å². The lowest BCUT2D eigenvalue weighted by atomic mass is 10.3. The third kappa shape index (κ3) is 1.63. The van der Waals surface area contributed by atoms with Crippen LogP contribution in [0, 0.1) is 0 Å². The highest BCUT2D eigenvalue weighted by Crippen LogP contribution is 2.20. The summed E-state index contributed by atoms with van der Waals surface area (Å²) in [5.74, 6) is 3.22. The number of nitrogens with one attached hydrogen (secondary N) is 1. The molecule has 1 fully saturated rings. The molecular formula is C8H10N6S. The van der Waals surface area contributed by atoms with Gasteiger partial charge in [0.1, 0.15) is 0 Å². The normalized spacial score (nSPS) is 20.9. The van der Waals surface area contributed by atoms with Crippen molar-refractivity contribution in [2.75, 3.05) is 16.8 Å². The van der Waals surface area contributed by atoms with E-state index in [1.165, 1.54) is 12.2 Å². The lowest BCUT2D eigenvalue weighted by molar-refractivity contribution is 0.772. The summed E-state index contributed by atoms with van der Waals surface area (Å²) in [7, 11) is 0. The molecule has 1 atom stereocenters. The Morgan fingerprint density at radius 1 is 1.47 bits per heavy atom. The smallest absolute Gasteiger partial charge is 0.199 e. The minimum Gasteiger partial charge on any atom is -0.365 e. The first kappa shape index (κ1) is 8.90. The fourth-order valence-electron chi connectivity index (χ4n) is 1.63. The van der Waals surface area contributed by atoms with Crippen molar-refractivity contribution in [2.24, 2.45) is 0 Å². The van der Waals surface area contributed by atoms with E-state index in [0.29, 0.717) is 11.7 Å². The van der Waals surface area contributed by atoms with Crippen LogP contribution in [-0.2, 0) is 0 Å². The number of hydrogen-bond acceptors (Lipinski definition) is 6. The molecule has 2 aromatic rings. The zero-order chi connectivity index (χ0) is 10.1. The number of rotatable bonds is 2. The molecular weight excluding hydrogens is 212 g/mol. The average Bonchev–Trinajstić information content (AvgIpc) is 2.87. The lowest BCUT2D eigenvalue weighted by Crippen LogP contribution is -2.20. The SMILES string of the molecule is c1ncc2nnnn2c1NC1CCSC1. The molecule has 0 aromatic carbocycles. The second-order valence-corrected chi connectivity index (χ2v) is 4.60. The Hall–Kier alpha value is -1.37. The minimum atomic E-state index is 0.506. The molecule has 7 heteroatoms. The zero-order valence-corrected chi connectivity index (χ0v) is 8.81. The van der Waals surface area contributed by atoms with Crippen LogP contribution in [0.25, 0.3) is 5.65 Å². The molecule has 0 bridgehead atoms. The van der Waals surface area contributed by atoms with E-state index in [9.17, 15) is 0 Å². The number of anilines is 1. The fraction of sp³-hybridized carbons (Fsp3) is 0.500. The Balaban J connectivity index is 1.92. The highest BCUT2D eigenvalue weighted by Gasteiger charge is 2.16. The molecule has 2 aromatic heterocycles. The number of aromatic nitrogens is 5. The van der Waals surface area contributed by atoms with E-state index in [2.05, 4.69) is 25.8 Å². The quantitative estimate of drug-likeness (QED) is 0.795. The molecule has 0 spiro atoms. The van der Waals surface area contributed by atoms with Gasteiger partial charge in [-0.15, -0.1) is 5.10 Å². The molecule has 78 valence electrons. The standard InChI is InChI=1S/C8H10N6S/c1-2-15-5-6(1)10-7-3-9-4-8-11-12-13-14(7)8/h3-4,6,10H,1-2,5H2. The number of tetrazole rings is 1. The molecule has 1 unspecified atom stereocenters.